The third-order valence-electron chi connectivity index (χ3n) is 3.21. The second-order valence-electron chi connectivity index (χ2n) is 5.58. The molecule has 0 saturated heterocycles. The van der Waals surface area contributed by atoms with Gasteiger partial charge in [-0.2, -0.15) is 5.10 Å². The fourth-order valence-electron chi connectivity index (χ4n) is 2.25. The van der Waals surface area contributed by atoms with Crippen molar-refractivity contribution in [3.63, 3.8) is 0 Å². The van der Waals surface area contributed by atoms with Crippen LogP contribution >= 0.6 is 0 Å². The minimum atomic E-state index is 0.282. The van der Waals surface area contributed by atoms with E-state index in [1.807, 2.05) is 10.9 Å². The van der Waals surface area contributed by atoms with Gasteiger partial charge in [-0.1, -0.05) is 20.8 Å². The normalized spacial score (nSPS) is 13.8. The van der Waals surface area contributed by atoms with Gasteiger partial charge in [-0.3, -0.25) is 9.58 Å². The van der Waals surface area contributed by atoms with Gasteiger partial charge in [-0.05, 0) is 26.3 Å². The summed E-state index contributed by atoms with van der Waals surface area (Å²) in [5.41, 5.74) is 7.19. The Morgan fingerprint density at radius 3 is 2.39 bits per heavy atom. The Balaban J connectivity index is 2.85. The SMILES string of the molecule is CCN(CC(C)C)C(CN)c1cnn(C(C)C)c1. The molecule has 0 spiro atoms. The monoisotopic (exact) mass is 252 g/mol. The predicted molar refractivity (Wildman–Crippen MR) is 76.5 cm³/mol. The molecule has 4 nitrogen and oxygen atoms in total. The highest BCUT2D eigenvalue weighted by atomic mass is 15.3. The molecule has 2 N–H and O–H groups in total. The van der Waals surface area contributed by atoms with Crippen LogP contribution in [-0.4, -0.2) is 34.3 Å². The van der Waals surface area contributed by atoms with Crippen molar-refractivity contribution in [1.82, 2.24) is 14.7 Å². The fourth-order valence-corrected chi connectivity index (χ4v) is 2.25. The Morgan fingerprint density at radius 2 is 2.00 bits per heavy atom. The molecule has 18 heavy (non-hydrogen) atoms. The number of nitrogens with zero attached hydrogens (tertiary/aromatic N) is 3. The van der Waals surface area contributed by atoms with E-state index in [1.165, 1.54) is 5.56 Å². The van der Waals surface area contributed by atoms with Crippen LogP contribution in [-0.2, 0) is 0 Å². The lowest BCUT2D eigenvalue weighted by Crippen LogP contribution is -2.36. The molecule has 1 heterocycles. The predicted octanol–water partition coefficient (Wildman–Crippen LogP) is 2.44. The summed E-state index contributed by atoms with van der Waals surface area (Å²) in [6.07, 6.45) is 4.09. The van der Waals surface area contributed by atoms with E-state index in [0.717, 1.165) is 13.1 Å². The molecule has 1 atom stereocenters. The molecule has 4 heteroatoms. The second kappa shape index (κ2) is 6.90. The van der Waals surface area contributed by atoms with Gasteiger partial charge in [0.1, 0.15) is 0 Å². The van der Waals surface area contributed by atoms with Crippen molar-refractivity contribution in [3.05, 3.63) is 18.0 Å². The Hall–Kier alpha value is -0.870. The van der Waals surface area contributed by atoms with Gasteiger partial charge in [0, 0.05) is 30.9 Å². The van der Waals surface area contributed by atoms with Crippen molar-refractivity contribution in [2.24, 2.45) is 11.7 Å². The van der Waals surface area contributed by atoms with E-state index in [9.17, 15) is 0 Å². The summed E-state index contributed by atoms with van der Waals surface area (Å²) in [5, 5.41) is 4.41. The van der Waals surface area contributed by atoms with Gasteiger partial charge in [-0.25, -0.2) is 0 Å². The molecule has 1 rings (SSSR count). The first kappa shape index (κ1) is 15.2. The molecule has 0 amide bonds. The van der Waals surface area contributed by atoms with E-state index in [0.29, 0.717) is 18.5 Å². The van der Waals surface area contributed by atoms with Crippen LogP contribution in [0.5, 0.6) is 0 Å². The standard InChI is InChI=1S/C14H28N4/c1-6-17(9-11(2)3)14(7-15)13-8-16-18(10-13)12(4)5/h8,10-12,14H,6-7,9,15H2,1-5H3. The summed E-state index contributed by atoms with van der Waals surface area (Å²) in [4.78, 5) is 2.44. The minimum Gasteiger partial charge on any atom is -0.329 e. The molecule has 0 aliphatic rings. The van der Waals surface area contributed by atoms with Gasteiger partial charge in [0.25, 0.3) is 0 Å². The molecule has 0 fully saturated rings. The van der Waals surface area contributed by atoms with E-state index < -0.39 is 0 Å². The van der Waals surface area contributed by atoms with Gasteiger partial charge in [0.15, 0.2) is 0 Å². The summed E-state index contributed by atoms with van der Waals surface area (Å²) in [7, 11) is 0. The van der Waals surface area contributed by atoms with Crippen molar-refractivity contribution in [3.8, 4) is 0 Å². The summed E-state index contributed by atoms with van der Waals surface area (Å²) in [6.45, 7) is 13.7. The highest BCUT2D eigenvalue weighted by Gasteiger charge is 2.20. The quantitative estimate of drug-likeness (QED) is 0.811. The van der Waals surface area contributed by atoms with Gasteiger partial charge in [0.05, 0.1) is 12.2 Å². The molecule has 0 radical (unpaired) electrons. The number of likely N-dealkylation sites (N-methyl/N-ethyl adjacent to an activating group) is 1. The topological polar surface area (TPSA) is 47.1 Å². The smallest absolute Gasteiger partial charge is 0.0538 e. The first-order chi connectivity index (χ1) is 8.49. The van der Waals surface area contributed by atoms with Crippen LogP contribution in [0, 0.1) is 5.92 Å². The highest BCUT2D eigenvalue weighted by Crippen LogP contribution is 2.21. The molecular formula is C14H28N4. The maximum absolute atomic E-state index is 5.96. The van der Waals surface area contributed by atoms with Gasteiger partial charge in [-0.15, -0.1) is 0 Å². The van der Waals surface area contributed by atoms with Crippen molar-refractivity contribution in [2.45, 2.75) is 46.7 Å². The third-order valence-corrected chi connectivity index (χ3v) is 3.21. The maximum Gasteiger partial charge on any atom is 0.0538 e. The van der Waals surface area contributed by atoms with Gasteiger partial charge in [0.2, 0.25) is 0 Å². The lowest BCUT2D eigenvalue weighted by Gasteiger charge is -2.30. The largest absolute Gasteiger partial charge is 0.329 e. The Kier molecular flexibility index (Phi) is 5.82. The average Bonchev–Trinajstić information content (AvgIpc) is 2.77. The van der Waals surface area contributed by atoms with Gasteiger partial charge < -0.3 is 5.73 Å². The van der Waals surface area contributed by atoms with Crippen molar-refractivity contribution >= 4 is 0 Å². The van der Waals surface area contributed by atoms with E-state index in [-0.39, 0.29) is 6.04 Å². The van der Waals surface area contributed by atoms with Crippen LogP contribution in [0.3, 0.4) is 0 Å². The number of hydrogen-bond acceptors (Lipinski definition) is 3. The van der Waals surface area contributed by atoms with E-state index >= 15 is 0 Å². The molecule has 0 aromatic carbocycles. The lowest BCUT2D eigenvalue weighted by molar-refractivity contribution is 0.189. The van der Waals surface area contributed by atoms with Crippen LogP contribution in [0.4, 0.5) is 0 Å². The summed E-state index contributed by atoms with van der Waals surface area (Å²) in [6, 6.07) is 0.683. The molecule has 0 saturated carbocycles. The summed E-state index contributed by atoms with van der Waals surface area (Å²) in [5.74, 6) is 0.652. The zero-order valence-corrected chi connectivity index (χ0v) is 12.4. The van der Waals surface area contributed by atoms with Crippen LogP contribution in [0.1, 0.15) is 52.3 Å². The third kappa shape index (κ3) is 3.82. The number of nitrogens with two attached hydrogens (primary N) is 1. The zero-order valence-electron chi connectivity index (χ0n) is 12.4. The zero-order chi connectivity index (χ0) is 13.7. The fraction of sp³-hybridized carbons (Fsp3) is 0.786. The highest BCUT2D eigenvalue weighted by molar-refractivity contribution is 5.11. The van der Waals surface area contributed by atoms with E-state index in [4.69, 9.17) is 5.73 Å². The molecular weight excluding hydrogens is 224 g/mol. The maximum atomic E-state index is 5.96. The number of hydrogen-bond donors (Lipinski definition) is 1. The lowest BCUT2D eigenvalue weighted by atomic mass is 10.1. The Morgan fingerprint density at radius 1 is 1.33 bits per heavy atom. The van der Waals surface area contributed by atoms with Crippen molar-refractivity contribution in [2.75, 3.05) is 19.6 Å². The minimum absolute atomic E-state index is 0.282. The van der Waals surface area contributed by atoms with Crippen molar-refractivity contribution < 1.29 is 0 Å². The number of aromatic nitrogens is 2. The molecule has 0 aliphatic heterocycles. The Labute approximate surface area is 111 Å². The van der Waals surface area contributed by atoms with E-state index in [2.05, 4.69) is 50.8 Å². The van der Waals surface area contributed by atoms with Crippen LogP contribution in [0.25, 0.3) is 0 Å². The first-order valence-electron chi connectivity index (χ1n) is 6.97. The molecule has 0 bridgehead atoms. The first-order valence-corrected chi connectivity index (χ1v) is 6.97. The van der Waals surface area contributed by atoms with Gasteiger partial charge >= 0.3 is 0 Å². The van der Waals surface area contributed by atoms with Crippen LogP contribution < -0.4 is 5.73 Å². The van der Waals surface area contributed by atoms with Crippen molar-refractivity contribution in [1.29, 1.82) is 0 Å². The average molecular weight is 252 g/mol. The molecule has 0 aliphatic carbocycles. The molecule has 1 aromatic rings. The van der Waals surface area contributed by atoms with Crippen LogP contribution in [0.2, 0.25) is 0 Å². The summed E-state index contributed by atoms with van der Waals surface area (Å²) < 4.78 is 2.00. The van der Waals surface area contributed by atoms with Crippen LogP contribution in [0.15, 0.2) is 12.4 Å². The number of rotatable bonds is 7. The molecule has 1 unspecified atom stereocenters. The Bertz CT molecular complexity index is 343. The molecule has 104 valence electrons. The van der Waals surface area contributed by atoms with E-state index in [1.54, 1.807) is 0 Å². The summed E-state index contributed by atoms with van der Waals surface area (Å²) >= 11 is 0. The molecule has 1 aromatic heterocycles. The second-order valence-corrected chi connectivity index (χ2v) is 5.58.